The maximum absolute atomic E-state index is 12.9. The SMILES string of the molecule is CC(c1nc2ccccc2s1)N(C)C(=O)c1cnn(Cc2ccccc2)c1. The highest BCUT2D eigenvalue weighted by atomic mass is 32.1. The Hall–Kier alpha value is -2.99. The summed E-state index contributed by atoms with van der Waals surface area (Å²) in [6, 6.07) is 18.0. The monoisotopic (exact) mass is 376 g/mol. The fraction of sp³-hybridized carbons (Fsp3) is 0.190. The number of thiazole rings is 1. The first-order valence-electron chi connectivity index (χ1n) is 8.81. The summed E-state index contributed by atoms with van der Waals surface area (Å²) in [7, 11) is 1.81. The molecule has 0 aliphatic rings. The Kier molecular flexibility index (Phi) is 4.73. The molecule has 1 unspecified atom stereocenters. The molecule has 1 atom stereocenters. The Morgan fingerprint density at radius 1 is 1.15 bits per heavy atom. The molecule has 0 N–H and O–H groups in total. The number of hydrogen-bond acceptors (Lipinski definition) is 4. The lowest BCUT2D eigenvalue weighted by Crippen LogP contribution is -2.29. The van der Waals surface area contributed by atoms with E-state index in [1.807, 2.05) is 62.5 Å². The molecular weight excluding hydrogens is 356 g/mol. The molecule has 2 aromatic heterocycles. The maximum Gasteiger partial charge on any atom is 0.257 e. The number of amides is 1. The molecule has 0 fully saturated rings. The molecule has 0 aliphatic heterocycles. The highest BCUT2D eigenvalue weighted by Crippen LogP contribution is 2.29. The van der Waals surface area contributed by atoms with Gasteiger partial charge in [0.2, 0.25) is 0 Å². The number of nitrogens with zero attached hydrogens (tertiary/aromatic N) is 4. The number of carbonyl (C=O) groups is 1. The van der Waals surface area contributed by atoms with Crippen molar-refractivity contribution in [3.63, 3.8) is 0 Å². The van der Waals surface area contributed by atoms with Crippen LogP contribution < -0.4 is 0 Å². The highest BCUT2D eigenvalue weighted by molar-refractivity contribution is 7.18. The van der Waals surface area contributed by atoms with Gasteiger partial charge in [0.1, 0.15) is 5.01 Å². The van der Waals surface area contributed by atoms with Crippen LogP contribution in [0.5, 0.6) is 0 Å². The minimum Gasteiger partial charge on any atom is -0.332 e. The van der Waals surface area contributed by atoms with Crippen molar-refractivity contribution in [2.24, 2.45) is 0 Å². The standard InChI is InChI=1S/C21H20N4OS/c1-15(20-23-18-10-6-7-11-19(18)27-20)24(2)21(26)17-12-22-25(14-17)13-16-8-4-3-5-9-16/h3-12,14-15H,13H2,1-2H3. The molecule has 0 bridgehead atoms. The lowest BCUT2D eigenvalue weighted by molar-refractivity contribution is 0.0742. The Labute approximate surface area is 161 Å². The second-order valence-electron chi connectivity index (χ2n) is 6.52. The Bertz CT molecular complexity index is 1040. The maximum atomic E-state index is 12.9. The summed E-state index contributed by atoms with van der Waals surface area (Å²) in [6.45, 7) is 2.65. The first-order valence-corrected chi connectivity index (χ1v) is 9.62. The topological polar surface area (TPSA) is 51.0 Å². The molecule has 0 aliphatic carbocycles. The molecule has 27 heavy (non-hydrogen) atoms. The van der Waals surface area contributed by atoms with E-state index < -0.39 is 0 Å². The minimum atomic E-state index is -0.104. The van der Waals surface area contributed by atoms with Crippen molar-refractivity contribution >= 4 is 27.5 Å². The van der Waals surface area contributed by atoms with E-state index in [0.29, 0.717) is 12.1 Å². The zero-order valence-electron chi connectivity index (χ0n) is 15.2. The molecule has 4 rings (SSSR count). The first-order chi connectivity index (χ1) is 13.1. The number of hydrogen-bond donors (Lipinski definition) is 0. The summed E-state index contributed by atoms with van der Waals surface area (Å²) >= 11 is 1.63. The van der Waals surface area contributed by atoms with Gasteiger partial charge < -0.3 is 4.90 Å². The van der Waals surface area contributed by atoms with Gasteiger partial charge in [0.25, 0.3) is 5.91 Å². The minimum absolute atomic E-state index is 0.0546. The molecule has 0 spiro atoms. The highest BCUT2D eigenvalue weighted by Gasteiger charge is 2.22. The molecule has 2 aromatic carbocycles. The van der Waals surface area contributed by atoms with Crippen molar-refractivity contribution in [2.45, 2.75) is 19.5 Å². The predicted octanol–water partition coefficient (Wildman–Crippen LogP) is 4.37. The van der Waals surface area contributed by atoms with E-state index in [0.717, 1.165) is 20.8 Å². The van der Waals surface area contributed by atoms with Gasteiger partial charge in [-0.3, -0.25) is 9.48 Å². The van der Waals surface area contributed by atoms with E-state index in [1.165, 1.54) is 0 Å². The van der Waals surface area contributed by atoms with Gasteiger partial charge in [0.05, 0.1) is 34.6 Å². The summed E-state index contributed by atoms with van der Waals surface area (Å²) in [6.07, 6.45) is 3.43. The number of carbonyl (C=O) groups excluding carboxylic acids is 1. The van der Waals surface area contributed by atoms with E-state index in [-0.39, 0.29) is 11.9 Å². The molecule has 5 nitrogen and oxygen atoms in total. The third kappa shape index (κ3) is 3.61. The Morgan fingerprint density at radius 2 is 1.89 bits per heavy atom. The van der Waals surface area contributed by atoms with E-state index in [9.17, 15) is 4.79 Å². The van der Waals surface area contributed by atoms with Crippen LogP contribution >= 0.6 is 11.3 Å². The second kappa shape index (κ2) is 7.32. The van der Waals surface area contributed by atoms with Crippen molar-refractivity contribution in [1.29, 1.82) is 0 Å². The van der Waals surface area contributed by atoms with Crippen LogP contribution in [0.4, 0.5) is 0 Å². The van der Waals surface area contributed by atoms with Crippen LogP contribution in [-0.2, 0) is 6.54 Å². The number of aromatic nitrogens is 3. The molecular formula is C21H20N4OS. The van der Waals surface area contributed by atoms with Gasteiger partial charge in [-0.05, 0) is 24.6 Å². The number of para-hydroxylation sites is 1. The number of rotatable bonds is 5. The fourth-order valence-corrected chi connectivity index (χ4v) is 4.01. The van der Waals surface area contributed by atoms with E-state index in [1.54, 1.807) is 33.3 Å². The molecule has 0 saturated carbocycles. The van der Waals surface area contributed by atoms with Gasteiger partial charge >= 0.3 is 0 Å². The Balaban J connectivity index is 1.50. The lowest BCUT2D eigenvalue weighted by Gasteiger charge is -2.22. The van der Waals surface area contributed by atoms with E-state index in [4.69, 9.17) is 0 Å². The summed E-state index contributed by atoms with van der Waals surface area (Å²) in [5, 5.41) is 5.27. The zero-order valence-corrected chi connectivity index (χ0v) is 16.1. The molecule has 6 heteroatoms. The number of benzene rings is 2. The van der Waals surface area contributed by atoms with Crippen molar-refractivity contribution in [1.82, 2.24) is 19.7 Å². The molecule has 2 heterocycles. The van der Waals surface area contributed by atoms with Crippen LogP contribution in [0.3, 0.4) is 0 Å². The molecule has 4 aromatic rings. The van der Waals surface area contributed by atoms with Gasteiger partial charge in [0.15, 0.2) is 0 Å². The quantitative estimate of drug-likeness (QED) is 0.519. The van der Waals surface area contributed by atoms with Gasteiger partial charge in [0, 0.05) is 13.2 Å². The average molecular weight is 376 g/mol. The van der Waals surface area contributed by atoms with Crippen LogP contribution in [0.2, 0.25) is 0 Å². The average Bonchev–Trinajstić information content (AvgIpc) is 3.34. The van der Waals surface area contributed by atoms with Crippen LogP contribution in [0.1, 0.15) is 33.9 Å². The Morgan fingerprint density at radius 3 is 2.67 bits per heavy atom. The predicted molar refractivity (Wildman–Crippen MR) is 108 cm³/mol. The molecule has 0 radical (unpaired) electrons. The summed E-state index contributed by atoms with van der Waals surface area (Å²) in [5.41, 5.74) is 2.71. The first kappa shape index (κ1) is 17.4. The molecule has 1 amide bonds. The normalized spacial score (nSPS) is 12.2. The van der Waals surface area contributed by atoms with Crippen molar-refractivity contribution in [3.05, 3.63) is 83.1 Å². The fourth-order valence-electron chi connectivity index (χ4n) is 2.94. The van der Waals surface area contributed by atoms with Crippen molar-refractivity contribution in [2.75, 3.05) is 7.05 Å². The van der Waals surface area contributed by atoms with Gasteiger partial charge in [-0.1, -0.05) is 42.5 Å². The van der Waals surface area contributed by atoms with Crippen LogP contribution in [0, 0.1) is 0 Å². The largest absolute Gasteiger partial charge is 0.332 e. The molecule has 136 valence electrons. The van der Waals surface area contributed by atoms with Gasteiger partial charge in [-0.15, -0.1) is 11.3 Å². The summed E-state index contributed by atoms with van der Waals surface area (Å²) in [5.74, 6) is -0.0546. The van der Waals surface area contributed by atoms with Crippen molar-refractivity contribution < 1.29 is 4.79 Å². The van der Waals surface area contributed by atoms with Crippen molar-refractivity contribution in [3.8, 4) is 0 Å². The van der Waals surface area contributed by atoms with Crippen LogP contribution in [0.25, 0.3) is 10.2 Å². The van der Waals surface area contributed by atoms with E-state index >= 15 is 0 Å². The zero-order chi connectivity index (χ0) is 18.8. The third-order valence-corrected chi connectivity index (χ3v) is 5.84. The van der Waals surface area contributed by atoms with Gasteiger partial charge in [-0.2, -0.15) is 5.10 Å². The van der Waals surface area contributed by atoms with Gasteiger partial charge in [-0.25, -0.2) is 4.98 Å². The molecule has 0 saturated heterocycles. The number of fused-ring (bicyclic) bond motifs is 1. The second-order valence-corrected chi connectivity index (χ2v) is 7.59. The van der Waals surface area contributed by atoms with Crippen LogP contribution in [-0.4, -0.2) is 32.6 Å². The summed E-state index contributed by atoms with van der Waals surface area (Å²) < 4.78 is 2.93. The van der Waals surface area contributed by atoms with Crippen LogP contribution in [0.15, 0.2) is 67.0 Å². The lowest BCUT2D eigenvalue weighted by atomic mass is 10.2. The van der Waals surface area contributed by atoms with E-state index in [2.05, 4.69) is 16.1 Å². The summed E-state index contributed by atoms with van der Waals surface area (Å²) in [4.78, 5) is 19.3. The smallest absolute Gasteiger partial charge is 0.257 e. The third-order valence-electron chi connectivity index (χ3n) is 4.64.